The number of hydrogen-bond acceptors (Lipinski definition) is 5. The van der Waals surface area contributed by atoms with E-state index in [2.05, 4.69) is 15.7 Å². The van der Waals surface area contributed by atoms with E-state index in [1.807, 2.05) is 0 Å². The summed E-state index contributed by atoms with van der Waals surface area (Å²) < 4.78 is 6.33. The van der Waals surface area contributed by atoms with Crippen LogP contribution in [0.25, 0.3) is 11.1 Å². The number of carbonyl (C=O) groups is 3. The molecule has 142 valence electrons. The third-order valence-corrected chi connectivity index (χ3v) is 4.61. The number of piperidine rings is 1. The lowest BCUT2D eigenvalue weighted by molar-refractivity contribution is -0.124. The van der Waals surface area contributed by atoms with Gasteiger partial charge in [0, 0.05) is 24.7 Å². The first-order chi connectivity index (χ1) is 12.9. The average Bonchev–Trinajstić information content (AvgIpc) is 2.97. The number of nitrogens with zero attached hydrogens (tertiary/aromatic N) is 2. The molecule has 0 unspecified atom stereocenters. The van der Waals surface area contributed by atoms with Crippen molar-refractivity contribution in [2.75, 3.05) is 13.7 Å². The maximum absolute atomic E-state index is 12.6. The molecular weight excluding hydrogens is 348 g/mol. The minimum atomic E-state index is -0.527. The third kappa shape index (κ3) is 3.69. The van der Waals surface area contributed by atoms with E-state index in [-0.39, 0.29) is 11.8 Å². The van der Waals surface area contributed by atoms with Crippen LogP contribution in [0.3, 0.4) is 0 Å². The van der Waals surface area contributed by atoms with Crippen LogP contribution >= 0.6 is 0 Å². The highest BCUT2D eigenvalue weighted by atomic mass is 16.5. The van der Waals surface area contributed by atoms with Gasteiger partial charge in [0.2, 0.25) is 5.91 Å². The van der Waals surface area contributed by atoms with Gasteiger partial charge in [-0.1, -0.05) is 12.1 Å². The van der Waals surface area contributed by atoms with Crippen molar-refractivity contribution in [2.45, 2.75) is 25.8 Å². The molecule has 2 heterocycles. The zero-order valence-electron chi connectivity index (χ0n) is 15.5. The molecule has 1 aliphatic rings. The third-order valence-electron chi connectivity index (χ3n) is 4.61. The van der Waals surface area contributed by atoms with Crippen molar-refractivity contribution in [1.29, 1.82) is 0 Å². The van der Waals surface area contributed by atoms with Crippen LogP contribution in [0.5, 0.6) is 0 Å². The SMILES string of the molecule is COC(=O)c1c(-c2cccc(C(=O)N[C@@H]3CCCNC3=O)c2)c(C)nn1C. The Bertz CT molecular complexity index is 903. The van der Waals surface area contributed by atoms with E-state index < -0.39 is 12.0 Å². The lowest BCUT2D eigenvalue weighted by Gasteiger charge is -2.22. The first-order valence-corrected chi connectivity index (χ1v) is 8.73. The van der Waals surface area contributed by atoms with Crippen molar-refractivity contribution in [3.63, 3.8) is 0 Å². The molecule has 1 aliphatic heterocycles. The molecule has 0 radical (unpaired) electrons. The molecule has 2 amide bonds. The Morgan fingerprint density at radius 3 is 2.85 bits per heavy atom. The minimum absolute atomic E-state index is 0.165. The molecule has 0 saturated carbocycles. The van der Waals surface area contributed by atoms with Gasteiger partial charge in [-0.2, -0.15) is 5.10 Å². The van der Waals surface area contributed by atoms with Crippen LogP contribution in [0, 0.1) is 6.92 Å². The second kappa shape index (κ2) is 7.61. The molecule has 3 rings (SSSR count). The molecule has 1 atom stereocenters. The van der Waals surface area contributed by atoms with Gasteiger partial charge in [-0.25, -0.2) is 4.79 Å². The van der Waals surface area contributed by atoms with Crippen molar-refractivity contribution in [3.8, 4) is 11.1 Å². The molecule has 8 heteroatoms. The summed E-state index contributed by atoms with van der Waals surface area (Å²) in [7, 11) is 2.98. The molecule has 8 nitrogen and oxygen atoms in total. The molecule has 1 fully saturated rings. The molecule has 0 aliphatic carbocycles. The van der Waals surface area contributed by atoms with Crippen molar-refractivity contribution in [3.05, 3.63) is 41.2 Å². The summed E-state index contributed by atoms with van der Waals surface area (Å²) in [6.07, 6.45) is 1.44. The van der Waals surface area contributed by atoms with Gasteiger partial charge in [-0.3, -0.25) is 14.3 Å². The number of aryl methyl sites for hydroxylation is 2. The van der Waals surface area contributed by atoms with Gasteiger partial charge in [0.25, 0.3) is 5.91 Å². The molecule has 2 N–H and O–H groups in total. The summed E-state index contributed by atoms with van der Waals surface area (Å²) in [5, 5.41) is 9.81. The fraction of sp³-hybridized carbons (Fsp3) is 0.368. The Morgan fingerprint density at radius 1 is 1.37 bits per heavy atom. The van der Waals surface area contributed by atoms with Crippen molar-refractivity contribution >= 4 is 17.8 Å². The molecule has 1 saturated heterocycles. The fourth-order valence-corrected chi connectivity index (χ4v) is 3.30. The number of esters is 1. The molecule has 0 spiro atoms. The monoisotopic (exact) mass is 370 g/mol. The van der Waals surface area contributed by atoms with E-state index in [0.717, 1.165) is 6.42 Å². The minimum Gasteiger partial charge on any atom is -0.464 e. The van der Waals surface area contributed by atoms with Gasteiger partial charge in [0.05, 0.1) is 12.8 Å². The number of ether oxygens (including phenoxy) is 1. The number of hydrogen-bond donors (Lipinski definition) is 2. The summed E-state index contributed by atoms with van der Waals surface area (Å²) in [4.78, 5) is 36.6. The van der Waals surface area contributed by atoms with Crippen LogP contribution in [0.15, 0.2) is 24.3 Å². The molecule has 27 heavy (non-hydrogen) atoms. The average molecular weight is 370 g/mol. The Hall–Kier alpha value is -3.16. The predicted octanol–water partition coefficient (Wildman–Crippen LogP) is 1.19. The molecule has 0 bridgehead atoms. The highest BCUT2D eigenvalue weighted by Gasteiger charge is 2.25. The Balaban J connectivity index is 1.91. The number of nitrogens with one attached hydrogen (secondary N) is 2. The van der Waals surface area contributed by atoms with E-state index in [1.165, 1.54) is 11.8 Å². The van der Waals surface area contributed by atoms with E-state index in [4.69, 9.17) is 4.74 Å². The summed E-state index contributed by atoms with van der Waals surface area (Å²) >= 11 is 0. The predicted molar refractivity (Wildman–Crippen MR) is 98.2 cm³/mol. The van der Waals surface area contributed by atoms with Crippen molar-refractivity contribution in [2.24, 2.45) is 7.05 Å². The summed E-state index contributed by atoms with van der Waals surface area (Å²) in [6.45, 7) is 2.43. The fourth-order valence-electron chi connectivity index (χ4n) is 3.30. The van der Waals surface area contributed by atoms with Crippen LogP contribution in [-0.2, 0) is 16.6 Å². The topological polar surface area (TPSA) is 102 Å². The number of methoxy groups -OCH3 is 1. The number of rotatable bonds is 4. The van der Waals surface area contributed by atoms with Gasteiger partial charge < -0.3 is 15.4 Å². The van der Waals surface area contributed by atoms with Gasteiger partial charge in [0.15, 0.2) is 5.69 Å². The Labute approximate surface area is 156 Å². The number of aromatic nitrogens is 2. The highest BCUT2D eigenvalue weighted by Crippen LogP contribution is 2.28. The largest absolute Gasteiger partial charge is 0.464 e. The molecule has 1 aromatic heterocycles. The lowest BCUT2D eigenvalue weighted by atomic mass is 10.00. The molecular formula is C19H22N4O4. The maximum atomic E-state index is 12.6. The van der Waals surface area contributed by atoms with E-state index in [0.29, 0.717) is 41.0 Å². The van der Waals surface area contributed by atoms with Crippen molar-refractivity contribution < 1.29 is 19.1 Å². The van der Waals surface area contributed by atoms with Crippen LogP contribution in [0.2, 0.25) is 0 Å². The maximum Gasteiger partial charge on any atom is 0.356 e. The van der Waals surface area contributed by atoms with Crippen LogP contribution in [0.1, 0.15) is 39.4 Å². The molecule has 1 aromatic carbocycles. The number of benzene rings is 1. The zero-order chi connectivity index (χ0) is 19.6. The standard InChI is InChI=1S/C19H22N4O4/c1-11-15(16(19(26)27-3)23(2)22-11)12-6-4-7-13(10-12)17(24)21-14-8-5-9-20-18(14)25/h4,6-7,10,14H,5,8-9H2,1-3H3,(H,20,25)(H,21,24)/t14-/m1/s1. The van der Waals surface area contributed by atoms with E-state index >= 15 is 0 Å². The van der Waals surface area contributed by atoms with Crippen LogP contribution in [-0.4, -0.2) is 47.3 Å². The lowest BCUT2D eigenvalue weighted by Crippen LogP contribution is -2.50. The van der Waals surface area contributed by atoms with Crippen LogP contribution in [0.4, 0.5) is 0 Å². The quantitative estimate of drug-likeness (QED) is 0.787. The van der Waals surface area contributed by atoms with Crippen LogP contribution < -0.4 is 10.6 Å². The first kappa shape index (κ1) is 18.6. The highest BCUT2D eigenvalue weighted by molar-refractivity contribution is 6.00. The summed E-state index contributed by atoms with van der Waals surface area (Å²) in [6, 6.07) is 6.37. The van der Waals surface area contributed by atoms with Gasteiger partial charge in [-0.15, -0.1) is 0 Å². The van der Waals surface area contributed by atoms with Gasteiger partial charge in [-0.05, 0) is 37.5 Å². The Kier molecular flexibility index (Phi) is 5.25. The molecule has 2 aromatic rings. The Morgan fingerprint density at radius 2 is 2.15 bits per heavy atom. The van der Waals surface area contributed by atoms with E-state index in [9.17, 15) is 14.4 Å². The zero-order valence-corrected chi connectivity index (χ0v) is 15.5. The normalized spacial score (nSPS) is 16.6. The number of carbonyl (C=O) groups excluding carboxylic acids is 3. The van der Waals surface area contributed by atoms with Gasteiger partial charge in [0.1, 0.15) is 6.04 Å². The first-order valence-electron chi connectivity index (χ1n) is 8.73. The van der Waals surface area contributed by atoms with E-state index in [1.54, 1.807) is 38.2 Å². The number of amides is 2. The van der Waals surface area contributed by atoms with Gasteiger partial charge >= 0.3 is 5.97 Å². The van der Waals surface area contributed by atoms with Crippen molar-refractivity contribution in [1.82, 2.24) is 20.4 Å². The second-order valence-corrected chi connectivity index (χ2v) is 6.46. The summed E-state index contributed by atoms with van der Waals surface area (Å²) in [5.74, 6) is -0.997. The smallest absolute Gasteiger partial charge is 0.356 e. The second-order valence-electron chi connectivity index (χ2n) is 6.46. The summed E-state index contributed by atoms with van der Waals surface area (Å²) in [5.41, 5.74) is 2.68.